The van der Waals surface area contributed by atoms with Gasteiger partial charge in [0.2, 0.25) is 0 Å². The number of carbonyl (C=O) groups excluding carboxylic acids is 1. The van der Waals surface area contributed by atoms with Crippen molar-refractivity contribution < 1.29 is 9.72 Å². The first-order valence-electron chi connectivity index (χ1n) is 6.16. The lowest BCUT2D eigenvalue weighted by Gasteiger charge is -2.01. The molecule has 2 aromatic carbocycles. The molecule has 0 aliphatic carbocycles. The Bertz CT molecular complexity index is 880. The zero-order valence-corrected chi connectivity index (χ0v) is 12.5. The first-order chi connectivity index (χ1) is 10.6. The summed E-state index contributed by atoms with van der Waals surface area (Å²) >= 11 is 6.97. The number of nitrogens with zero attached hydrogens (tertiary/aromatic N) is 3. The molecule has 0 saturated carbocycles. The summed E-state index contributed by atoms with van der Waals surface area (Å²) in [7, 11) is 0. The third kappa shape index (κ3) is 2.68. The number of hydrogen-bond acceptors (Lipinski definition) is 5. The molecule has 0 atom stereocenters. The van der Waals surface area contributed by atoms with Crippen LogP contribution < -0.4 is 0 Å². The summed E-state index contributed by atoms with van der Waals surface area (Å²) in [5.74, 6) is 0. The van der Waals surface area contributed by atoms with Crippen LogP contribution in [0.5, 0.6) is 0 Å². The molecule has 0 bridgehead atoms. The van der Waals surface area contributed by atoms with Crippen molar-refractivity contribution >= 4 is 45.2 Å². The van der Waals surface area contributed by atoms with Crippen LogP contribution in [0.3, 0.4) is 0 Å². The molecule has 0 spiro atoms. The standard InChI is InChI=1S/C14H8ClN3O3S/c15-13-11-7-6-9(18(20)21)8-12(11)17(16-13)14(19)22-10-4-2-1-3-5-10/h1-8H. The van der Waals surface area contributed by atoms with Crippen molar-refractivity contribution in [2.45, 2.75) is 4.90 Å². The predicted molar refractivity (Wildman–Crippen MR) is 84.5 cm³/mol. The highest BCUT2D eigenvalue weighted by molar-refractivity contribution is 8.13. The Morgan fingerprint density at radius 1 is 1.23 bits per heavy atom. The second kappa shape index (κ2) is 5.78. The second-order valence-corrected chi connectivity index (χ2v) is 5.72. The zero-order valence-electron chi connectivity index (χ0n) is 11.0. The Morgan fingerprint density at radius 2 is 1.95 bits per heavy atom. The lowest BCUT2D eigenvalue weighted by Crippen LogP contribution is -2.06. The Morgan fingerprint density at radius 3 is 2.64 bits per heavy atom. The number of non-ortho nitro benzene ring substituents is 1. The minimum Gasteiger partial charge on any atom is -0.259 e. The normalized spacial score (nSPS) is 10.8. The maximum atomic E-state index is 12.4. The molecular formula is C14H8ClN3O3S. The summed E-state index contributed by atoms with van der Waals surface area (Å²) < 4.78 is 1.09. The maximum absolute atomic E-state index is 12.4. The van der Waals surface area contributed by atoms with Crippen LogP contribution in [0.2, 0.25) is 5.15 Å². The summed E-state index contributed by atoms with van der Waals surface area (Å²) in [6.45, 7) is 0. The first-order valence-corrected chi connectivity index (χ1v) is 7.35. The van der Waals surface area contributed by atoms with Gasteiger partial charge in [-0.1, -0.05) is 29.8 Å². The molecular weight excluding hydrogens is 326 g/mol. The number of nitro groups is 1. The van der Waals surface area contributed by atoms with Gasteiger partial charge in [-0.05, 0) is 30.0 Å². The van der Waals surface area contributed by atoms with Crippen molar-refractivity contribution in [2.75, 3.05) is 0 Å². The molecule has 0 N–H and O–H groups in total. The summed E-state index contributed by atoms with van der Waals surface area (Å²) in [6, 6.07) is 13.2. The summed E-state index contributed by atoms with van der Waals surface area (Å²) in [6.07, 6.45) is 0. The molecule has 3 rings (SSSR count). The smallest absolute Gasteiger partial charge is 0.259 e. The quantitative estimate of drug-likeness (QED) is 0.395. The molecule has 0 fully saturated rings. The van der Waals surface area contributed by atoms with Gasteiger partial charge in [-0.3, -0.25) is 14.9 Å². The van der Waals surface area contributed by atoms with Crippen molar-refractivity contribution in [1.82, 2.24) is 9.78 Å². The van der Waals surface area contributed by atoms with E-state index >= 15 is 0 Å². The van der Waals surface area contributed by atoms with Crippen LogP contribution in [-0.2, 0) is 0 Å². The lowest BCUT2D eigenvalue weighted by atomic mass is 10.2. The monoisotopic (exact) mass is 333 g/mol. The molecule has 6 nitrogen and oxygen atoms in total. The van der Waals surface area contributed by atoms with E-state index in [0.29, 0.717) is 10.9 Å². The first kappa shape index (κ1) is 14.6. The van der Waals surface area contributed by atoms with Crippen LogP contribution in [0.1, 0.15) is 0 Å². The molecule has 0 saturated heterocycles. The number of rotatable bonds is 2. The van der Waals surface area contributed by atoms with Gasteiger partial charge in [-0.25, -0.2) is 0 Å². The van der Waals surface area contributed by atoms with Crippen LogP contribution in [-0.4, -0.2) is 19.9 Å². The molecule has 3 aromatic rings. The fraction of sp³-hybridized carbons (Fsp3) is 0. The van der Waals surface area contributed by atoms with Crippen molar-refractivity contribution in [1.29, 1.82) is 0 Å². The number of hydrogen-bond donors (Lipinski definition) is 0. The summed E-state index contributed by atoms with van der Waals surface area (Å²) in [4.78, 5) is 23.5. The fourth-order valence-corrected chi connectivity index (χ4v) is 2.91. The van der Waals surface area contributed by atoms with E-state index in [-0.39, 0.29) is 16.1 Å². The third-order valence-corrected chi connectivity index (χ3v) is 4.09. The number of benzene rings is 2. The number of halogens is 1. The average molecular weight is 334 g/mol. The average Bonchev–Trinajstić information content (AvgIpc) is 2.85. The fourth-order valence-electron chi connectivity index (χ4n) is 1.95. The SMILES string of the molecule is O=C(Sc1ccccc1)n1nc(Cl)c2ccc([N+](=O)[O-])cc21. The van der Waals surface area contributed by atoms with Crippen LogP contribution in [0.15, 0.2) is 53.4 Å². The van der Waals surface area contributed by atoms with Gasteiger partial charge >= 0.3 is 5.24 Å². The highest BCUT2D eigenvalue weighted by Crippen LogP contribution is 2.29. The molecule has 8 heteroatoms. The van der Waals surface area contributed by atoms with Crippen molar-refractivity contribution in [3.8, 4) is 0 Å². The van der Waals surface area contributed by atoms with Crippen LogP contribution in [0, 0.1) is 10.1 Å². The molecule has 0 unspecified atom stereocenters. The van der Waals surface area contributed by atoms with Gasteiger partial charge in [0.1, 0.15) is 0 Å². The Labute approximate surface area is 133 Å². The van der Waals surface area contributed by atoms with E-state index in [1.165, 1.54) is 18.2 Å². The summed E-state index contributed by atoms with van der Waals surface area (Å²) in [5, 5.41) is 15.1. The molecule has 0 amide bonds. The number of aromatic nitrogens is 2. The van der Waals surface area contributed by atoms with Crippen LogP contribution in [0.4, 0.5) is 10.5 Å². The molecule has 0 aliphatic rings. The van der Waals surface area contributed by atoms with Gasteiger partial charge in [0.05, 0.1) is 10.4 Å². The minimum absolute atomic E-state index is 0.122. The van der Waals surface area contributed by atoms with Crippen LogP contribution >= 0.6 is 23.4 Å². The predicted octanol–water partition coefficient (Wildman–Crippen LogP) is 4.36. The maximum Gasteiger partial charge on any atom is 0.311 e. The van der Waals surface area contributed by atoms with Gasteiger partial charge in [-0.2, -0.15) is 9.78 Å². The Balaban J connectivity index is 2.04. The van der Waals surface area contributed by atoms with E-state index in [0.717, 1.165) is 21.3 Å². The number of nitro benzene ring substituents is 1. The second-order valence-electron chi connectivity index (χ2n) is 4.34. The zero-order chi connectivity index (χ0) is 15.7. The van der Waals surface area contributed by atoms with E-state index in [1.807, 2.05) is 18.2 Å². The molecule has 1 aromatic heterocycles. The number of fused-ring (bicyclic) bond motifs is 1. The largest absolute Gasteiger partial charge is 0.311 e. The topological polar surface area (TPSA) is 78.0 Å². The van der Waals surface area contributed by atoms with E-state index in [1.54, 1.807) is 12.1 Å². The van der Waals surface area contributed by atoms with Crippen molar-refractivity contribution in [2.24, 2.45) is 0 Å². The van der Waals surface area contributed by atoms with Crippen molar-refractivity contribution in [3.63, 3.8) is 0 Å². The van der Waals surface area contributed by atoms with Crippen LogP contribution in [0.25, 0.3) is 10.9 Å². The van der Waals surface area contributed by atoms with E-state index in [4.69, 9.17) is 11.6 Å². The highest BCUT2D eigenvalue weighted by atomic mass is 35.5. The van der Waals surface area contributed by atoms with E-state index in [2.05, 4.69) is 5.10 Å². The highest BCUT2D eigenvalue weighted by Gasteiger charge is 2.18. The molecule has 1 heterocycles. The molecule has 0 aliphatic heterocycles. The Hall–Kier alpha value is -2.38. The van der Waals surface area contributed by atoms with Gasteiger partial charge < -0.3 is 0 Å². The van der Waals surface area contributed by atoms with E-state index in [9.17, 15) is 14.9 Å². The van der Waals surface area contributed by atoms with Gasteiger partial charge in [0.25, 0.3) is 5.69 Å². The lowest BCUT2D eigenvalue weighted by molar-refractivity contribution is -0.384. The van der Waals surface area contributed by atoms with Crippen molar-refractivity contribution in [3.05, 3.63) is 63.8 Å². The van der Waals surface area contributed by atoms with Gasteiger partial charge in [-0.15, -0.1) is 0 Å². The molecule has 22 heavy (non-hydrogen) atoms. The van der Waals surface area contributed by atoms with E-state index < -0.39 is 4.92 Å². The number of carbonyl (C=O) groups is 1. The molecule has 110 valence electrons. The summed E-state index contributed by atoms with van der Waals surface area (Å²) in [5.41, 5.74) is 0.190. The van der Waals surface area contributed by atoms with Gasteiger partial charge in [0, 0.05) is 22.4 Å². The third-order valence-electron chi connectivity index (χ3n) is 2.95. The number of thioether (sulfide) groups is 1. The Kier molecular flexibility index (Phi) is 3.82. The molecule has 0 radical (unpaired) electrons. The minimum atomic E-state index is -0.528. The van der Waals surface area contributed by atoms with Gasteiger partial charge in [0.15, 0.2) is 5.15 Å².